The van der Waals surface area contributed by atoms with Gasteiger partial charge < -0.3 is 0 Å². The molecular formula is C13H17NO2S. The Labute approximate surface area is 103 Å². The van der Waals surface area contributed by atoms with Crippen LogP contribution in [0.5, 0.6) is 0 Å². The van der Waals surface area contributed by atoms with Gasteiger partial charge in [-0.15, -0.1) is 6.42 Å². The van der Waals surface area contributed by atoms with E-state index >= 15 is 0 Å². The van der Waals surface area contributed by atoms with Crippen molar-refractivity contribution >= 4 is 10.0 Å². The highest BCUT2D eigenvalue weighted by Gasteiger charge is 2.25. The minimum atomic E-state index is -3.58. The Bertz CT molecular complexity index is 566. The van der Waals surface area contributed by atoms with Crippen molar-refractivity contribution in [2.24, 2.45) is 0 Å². The molecule has 0 fully saturated rings. The van der Waals surface area contributed by atoms with E-state index in [4.69, 9.17) is 6.42 Å². The zero-order valence-electron chi connectivity index (χ0n) is 10.5. The maximum Gasteiger partial charge on any atom is 0.242 e. The van der Waals surface area contributed by atoms with Crippen molar-refractivity contribution in [2.75, 3.05) is 0 Å². The lowest BCUT2D eigenvalue weighted by Crippen LogP contribution is -2.42. The third-order valence-corrected chi connectivity index (χ3v) is 4.18. The highest BCUT2D eigenvalue weighted by Crippen LogP contribution is 2.18. The molecule has 0 aliphatic rings. The number of benzene rings is 1. The number of terminal acetylenes is 1. The lowest BCUT2D eigenvalue weighted by atomic mass is 10.1. The van der Waals surface area contributed by atoms with E-state index in [1.807, 2.05) is 13.0 Å². The summed E-state index contributed by atoms with van der Waals surface area (Å²) in [5, 5.41) is 0. The summed E-state index contributed by atoms with van der Waals surface area (Å²) in [6, 6.07) is 5.30. The second-order valence-electron chi connectivity index (χ2n) is 4.64. The Hall–Kier alpha value is -1.31. The first-order valence-corrected chi connectivity index (χ1v) is 6.75. The van der Waals surface area contributed by atoms with E-state index in [1.165, 1.54) is 0 Å². The molecule has 0 unspecified atom stereocenters. The second kappa shape index (κ2) is 4.52. The Kier molecular flexibility index (Phi) is 3.65. The largest absolute Gasteiger partial charge is 0.242 e. The molecule has 0 aliphatic carbocycles. The Morgan fingerprint density at radius 3 is 2.41 bits per heavy atom. The van der Waals surface area contributed by atoms with Crippen LogP contribution in [0.3, 0.4) is 0 Å². The van der Waals surface area contributed by atoms with Crippen molar-refractivity contribution < 1.29 is 8.42 Å². The van der Waals surface area contributed by atoms with Crippen LogP contribution in [0.4, 0.5) is 0 Å². The van der Waals surface area contributed by atoms with Gasteiger partial charge in [0, 0.05) is 0 Å². The monoisotopic (exact) mass is 251 g/mol. The van der Waals surface area contributed by atoms with Gasteiger partial charge in [-0.1, -0.05) is 18.1 Å². The van der Waals surface area contributed by atoms with Gasteiger partial charge in [-0.25, -0.2) is 8.42 Å². The fraction of sp³-hybridized carbons (Fsp3) is 0.385. The first-order chi connectivity index (χ1) is 7.68. The molecule has 0 saturated carbocycles. The van der Waals surface area contributed by atoms with E-state index in [2.05, 4.69) is 10.6 Å². The number of hydrogen-bond acceptors (Lipinski definition) is 2. The van der Waals surface area contributed by atoms with Gasteiger partial charge in [0.15, 0.2) is 0 Å². The lowest BCUT2D eigenvalue weighted by Gasteiger charge is -2.20. The molecular weight excluding hydrogens is 234 g/mol. The molecule has 92 valence electrons. The van der Waals surface area contributed by atoms with Gasteiger partial charge in [0.05, 0.1) is 10.4 Å². The van der Waals surface area contributed by atoms with Gasteiger partial charge >= 0.3 is 0 Å². The highest BCUT2D eigenvalue weighted by molar-refractivity contribution is 7.89. The maximum absolute atomic E-state index is 12.2. The molecule has 0 bridgehead atoms. The predicted molar refractivity (Wildman–Crippen MR) is 69.1 cm³/mol. The summed E-state index contributed by atoms with van der Waals surface area (Å²) in [5.74, 6) is 2.41. The minimum absolute atomic E-state index is 0.279. The van der Waals surface area contributed by atoms with Crippen LogP contribution >= 0.6 is 0 Å². The first-order valence-electron chi connectivity index (χ1n) is 5.27. The molecule has 1 rings (SSSR count). The number of nitrogens with one attached hydrogen (secondary N) is 1. The molecule has 0 amide bonds. The smallest absolute Gasteiger partial charge is 0.207 e. The summed E-state index contributed by atoms with van der Waals surface area (Å²) in [7, 11) is -3.58. The van der Waals surface area contributed by atoms with Crippen molar-refractivity contribution in [2.45, 2.75) is 38.1 Å². The molecule has 0 radical (unpaired) electrons. The Balaban J connectivity index is 3.24. The van der Waals surface area contributed by atoms with E-state index in [0.29, 0.717) is 5.56 Å². The SMILES string of the molecule is C#CC(C)(C)NS(=O)(=O)c1cc(C)ccc1C. The van der Waals surface area contributed by atoms with Crippen molar-refractivity contribution in [3.05, 3.63) is 29.3 Å². The zero-order valence-corrected chi connectivity index (χ0v) is 11.4. The number of aryl methyl sites for hydroxylation is 2. The normalized spacial score (nSPS) is 12.2. The lowest BCUT2D eigenvalue weighted by molar-refractivity contribution is 0.538. The summed E-state index contributed by atoms with van der Waals surface area (Å²) in [6.45, 7) is 6.91. The molecule has 1 N–H and O–H groups in total. The first kappa shape index (κ1) is 13.8. The van der Waals surface area contributed by atoms with Crippen LogP contribution in [0.15, 0.2) is 23.1 Å². The molecule has 3 nitrogen and oxygen atoms in total. The van der Waals surface area contributed by atoms with Crippen molar-refractivity contribution in [3.63, 3.8) is 0 Å². The van der Waals surface area contributed by atoms with Crippen LogP contribution in [0.25, 0.3) is 0 Å². The van der Waals surface area contributed by atoms with Gasteiger partial charge in [-0.05, 0) is 44.9 Å². The van der Waals surface area contributed by atoms with E-state index < -0.39 is 15.6 Å². The van der Waals surface area contributed by atoms with Crippen LogP contribution in [-0.4, -0.2) is 14.0 Å². The molecule has 4 heteroatoms. The molecule has 0 aromatic heterocycles. The van der Waals surface area contributed by atoms with Crippen molar-refractivity contribution in [1.82, 2.24) is 4.72 Å². The van der Waals surface area contributed by atoms with Crippen molar-refractivity contribution in [1.29, 1.82) is 0 Å². The van der Waals surface area contributed by atoms with Crippen LogP contribution in [-0.2, 0) is 10.0 Å². The summed E-state index contributed by atoms with van der Waals surface area (Å²) in [5.41, 5.74) is 0.708. The molecule has 0 atom stereocenters. The quantitative estimate of drug-likeness (QED) is 0.835. The molecule has 0 aliphatic heterocycles. The Morgan fingerprint density at radius 2 is 1.88 bits per heavy atom. The summed E-state index contributed by atoms with van der Waals surface area (Å²) < 4.78 is 26.8. The van der Waals surface area contributed by atoms with Gasteiger partial charge in [-0.3, -0.25) is 0 Å². The van der Waals surface area contributed by atoms with E-state index in [0.717, 1.165) is 5.56 Å². The molecule has 1 aromatic carbocycles. The van der Waals surface area contributed by atoms with E-state index in [1.54, 1.807) is 32.9 Å². The van der Waals surface area contributed by atoms with Gasteiger partial charge in [0.1, 0.15) is 0 Å². The summed E-state index contributed by atoms with van der Waals surface area (Å²) >= 11 is 0. The van der Waals surface area contributed by atoms with Crippen LogP contribution < -0.4 is 4.72 Å². The topological polar surface area (TPSA) is 46.2 Å². The van der Waals surface area contributed by atoms with Gasteiger partial charge in [0.2, 0.25) is 10.0 Å². The van der Waals surface area contributed by atoms with Gasteiger partial charge in [0.25, 0.3) is 0 Å². The van der Waals surface area contributed by atoms with Crippen molar-refractivity contribution in [3.8, 4) is 12.3 Å². The number of rotatable bonds is 3. The predicted octanol–water partition coefficient (Wildman–Crippen LogP) is 1.99. The van der Waals surface area contributed by atoms with Crippen LogP contribution in [0.1, 0.15) is 25.0 Å². The minimum Gasteiger partial charge on any atom is -0.207 e. The number of sulfonamides is 1. The fourth-order valence-corrected chi connectivity index (χ4v) is 3.09. The highest BCUT2D eigenvalue weighted by atomic mass is 32.2. The standard InChI is InChI=1S/C13H17NO2S/c1-6-13(4,5)14-17(15,16)12-9-10(2)7-8-11(12)3/h1,7-9,14H,2-5H3. The van der Waals surface area contributed by atoms with Crippen LogP contribution in [0, 0.1) is 26.2 Å². The average Bonchev–Trinajstić information content (AvgIpc) is 2.20. The van der Waals surface area contributed by atoms with Gasteiger partial charge in [-0.2, -0.15) is 4.72 Å². The molecule has 0 heterocycles. The summed E-state index contributed by atoms with van der Waals surface area (Å²) in [6.07, 6.45) is 5.28. The summed E-state index contributed by atoms with van der Waals surface area (Å²) in [4.78, 5) is 0.279. The number of hydrogen-bond donors (Lipinski definition) is 1. The van der Waals surface area contributed by atoms with Crippen LogP contribution in [0.2, 0.25) is 0 Å². The fourth-order valence-electron chi connectivity index (χ4n) is 1.42. The molecule has 0 saturated heterocycles. The average molecular weight is 251 g/mol. The molecule has 0 spiro atoms. The maximum atomic E-state index is 12.2. The third kappa shape index (κ3) is 3.32. The Morgan fingerprint density at radius 1 is 1.29 bits per heavy atom. The third-order valence-electron chi connectivity index (χ3n) is 2.38. The van der Waals surface area contributed by atoms with E-state index in [-0.39, 0.29) is 4.90 Å². The molecule has 1 aromatic rings. The molecule has 17 heavy (non-hydrogen) atoms. The zero-order chi connectivity index (χ0) is 13.3. The van der Waals surface area contributed by atoms with E-state index in [9.17, 15) is 8.42 Å². The second-order valence-corrected chi connectivity index (χ2v) is 6.29.